The van der Waals surface area contributed by atoms with Crippen LogP contribution in [-0.2, 0) is 23.1 Å². The molecule has 1 N–H and O–H groups in total. The van der Waals surface area contributed by atoms with Crippen LogP contribution in [0.3, 0.4) is 0 Å². The number of carbonyl (C=O) groups excluding carboxylic acids is 1. The molecule has 0 unspecified atom stereocenters. The first-order valence-corrected chi connectivity index (χ1v) is 10.8. The molecular weight excluding hydrogens is 382 g/mol. The molecule has 150 valence electrons. The van der Waals surface area contributed by atoms with Crippen LogP contribution in [0.2, 0.25) is 0 Å². The molecule has 0 aliphatic heterocycles. The van der Waals surface area contributed by atoms with Gasteiger partial charge in [-0.05, 0) is 48.6 Å². The molecule has 1 aliphatic carbocycles. The molecule has 0 fully saturated rings. The fourth-order valence-corrected chi connectivity index (χ4v) is 4.12. The van der Waals surface area contributed by atoms with Crippen LogP contribution in [0.25, 0.3) is 5.95 Å². The number of carbonyl (C=O) groups is 1. The van der Waals surface area contributed by atoms with E-state index in [0.29, 0.717) is 17.5 Å². The van der Waals surface area contributed by atoms with Crippen LogP contribution in [-0.4, -0.2) is 31.4 Å². The molecule has 0 atom stereocenters. The summed E-state index contributed by atoms with van der Waals surface area (Å²) in [6.45, 7) is 6.25. The SMILES string of the molecule is CC(C)(C)c1cc(NC(=O)CSc2ccc3c(c2)CCC3)n(-c2ncccn2)n1. The van der Waals surface area contributed by atoms with Crippen molar-refractivity contribution < 1.29 is 4.79 Å². The van der Waals surface area contributed by atoms with Gasteiger partial charge in [0, 0.05) is 28.8 Å². The van der Waals surface area contributed by atoms with Gasteiger partial charge in [-0.3, -0.25) is 4.79 Å². The van der Waals surface area contributed by atoms with E-state index in [-0.39, 0.29) is 11.3 Å². The van der Waals surface area contributed by atoms with Crippen molar-refractivity contribution >= 4 is 23.5 Å². The Morgan fingerprint density at radius 3 is 2.66 bits per heavy atom. The van der Waals surface area contributed by atoms with Crippen molar-refractivity contribution in [1.29, 1.82) is 0 Å². The number of aromatic nitrogens is 4. The van der Waals surface area contributed by atoms with Crippen molar-refractivity contribution in [2.75, 3.05) is 11.1 Å². The summed E-state index contributed by atoms with van der Waals surface area (Å²) in [5.41, 5.74) is 3.58. The maximum absolute atomic E-state index is 12.6. The Morgan fingerprint density at radius 1 is 1.14 bits per heavy atom. The Kier molecular flexibility index (Phi) is 5.41. The lowest BCUT2D eigenvalue weighted by atomic mass is 9.92. The van der Waals surface area contributed by atoms with Gasteiger partial charge >= 0.3 is 0 Å². The van der Waals surface area contributed by atoms with Gasteiger partial charge in [-0.15, -0.1) is 11.8 Å². The molecule has 0 radical (unpaired) electrons. The zero-order valence-electron chi connectivity index (χ0n) is 17.0. The number of nitrogens with one attached hydrogen (secondary N) is 1. The number of rotatable bonds is 5. The standard InChI is InChI=1S/C22H25N5OS/c1-22(2,3)18-13-19(27(26-18)21-23-10-5-11-24-21)25-20(28)14-29-17-9-8-15-6-4-7-16(15)12-17/h5,8-13H,4,6-7,14H2,1-3H3,(H,25,28). The zero-order valence-corrected chi connectivity index (χ0v) is 17.8. The minimum Gasteiger partial charge on any atom is -0.310 e. The molecule has 3 aromatic rings. The summed E-state index contributed by atoms with van der Waals surface area (Å²) in [4.78, 5) is 22.3. The monoisotopic (exact) mass is 407 g/mol. The number of aryl methyl sites for hydroxylation is 2. The van der Waals surface area contributed by atoms with E-state index in [4.69, 9.17) is 0 Å². The largest absolute Gasteiger partial charge is 0.310 e. The predicted molar refractivity (Wildman–Crippen MR) is 116 cm³/mol. The summed E-state index contributed by atoms with van der Waals surface area (Å²) in [5.74, 6) is 1.28. The molecule has 1 aromatic carbocycles. The fraction of sp³-hybridized carbons (Fsp3) is 0.364. The maximum atomic E-state index is 12.6. The van der Waals surface area contributed by atoms with Gasteiger partial charge in [-0.1, -0.05) is 26.8 Å². The Morgan fingerprint density at radius 2 is 1.90 bits per heavy atom. The van der Waals surface area contributed by atoms with E-state index in [1.165, 1.54) is 24.0 Å². The molecule has 0 saturated heterocycles. The van der Waals surface area contributed by atoms with E-state index in [1.807, 2.05) is 6.07 Å². The second-order valence-electron chi connectivity index (χ2n) is 8.25. The lowest BCUT2D eigenvalue weighted by Gasteiger charge is -2.13. The minimum atomic E-state index is -0.154. The number of fused-ring (bicyclic) bond motifs is 1. The molecule has 7 heteroatoms. The number of thioether (sulfide) groups is 1. The van der Waals surface area contributed by atoms with Crippen LogP contribution < -0.4 is 5.32 Å². The van der Waals surface area contributed by atoms with Gasteiger partial charge in [0.2, 0.25) is 5.91 Å². The first-order chi connectivity index (χ1) is 13.9. The van der Waals surface area contributed by atoms with Crippen LogP contribution in [0, 0.1) is 0 Å². The van der Waals surface area contributed by atoms with Crippen LogP contribution in [0.4, 0.5) is 5.82 Å². The quantitative estimate of drug-likeness (QED) is 0.643. The highest BCUT2D eigenvalue weighted by molar-refractivity contribution is 8.00. The van der Waals surface area contributed by atoms with Gasteiger partial charge in [0.05, 0.1) is 11.4 Å². The average molecular weight is 408 g/mol. The number of hydrogen-bond acceptors (Lipinski definition) is 5. The Balaban J connectivity index is 1.49. The van der Waals surface area contributed by atoms with Crippen LogP contribution in [0.5, 0.6) is 0 Å². The first kappa shape index (κ1) is 19.6. The van der Waals surface area contributed by atoms with Crippen molar-refractivity contribution in [2.24, 2.45) is 0 Å². The first-order valence-electron chi connectivity index (χ1n) is 9.82. The third-order valence-corrected chi connectivity index (χ3v) is 5.92. The molecule has 6 nitrogen and oxygen atoms in total. The fourth-order valence-electron chi connectivity index (χ4n) is 3.36. The van der Waals surface area contributed by atoms with Crippen molar-refractivity contribution in [2.45, 2.75) is 50.3 Å². The molecule has 0 bridgehead atoms. The third kappa shape index (κ3) is 4.50. The molecule has 2 aromatic heterocycles. The van der Waals surface area contributed by atoms with Crippen molar-refractivity contribution in [3.63, 3.8) is 0 Å². The van der Waals surface area contributed by atoms with Crippen LogP contribution in [0.15, 0.2) is 47.6 Å². The molecule has 29 heavy (non-hydrogen) atoms. The van der Waals surface area contributed by atoms with E-state index in [1.54, 1.807) is 34.9 Å². The lowest BCUT2D eigenvalue weighted by molar-refractivity contribution is -0.113. The van der Waals surface area contributed by atoms with Gasteiger partial charge in [0.15, 0.2) is 0 Å². The van der Waals surface area contributed by atoms with Crippen molar-refractivity contribution in [3.05, 3.63) is 59.5 Å². The summed E-state index contributed by atoms with van der Waals surface area (Å²) in [6.07, 6.45) is 6.86. The van der Waals surface area contributed by atoms with E-state index in [9.17, 15) is 4.79 Å². The van der Waals surface area contributed by atoms with E-state index < -0.39 is 0 Å². The zero-order chi connectivity index (χ0) is 20.4. The number of anilines is 1. The Hall–Kier alpha value is -2.67. The molecule has 4 rings (SSSR count). The average Bonchev–Trinajstić information content (AvgIpc) is 3.33. The summed E-state index contributed by atoms with van der Waals surface area (Å²) in [7, 11) is 0. The molecule has 0 spiro atoms. The molecule has 2 heterocycles. The highest BCUT2D eigenvalue weighted by Crippen LogP contribution is 2.28. The van der Waals surface area contributed by atoms with Crippen LogP contribution >= 0.6 is 11.8 Å². The molecule has 1 aliphatic rings. The smallest absolute Gasteiger partial charge is 0.252 e. The van der Waals surface area contributed by atoms with E-state index in [0.717, 1.165) is 17.0 Å². The summed E-state index contributed by atoms with van der Waals surface area (Å²) >= 11 is 1.55. The number of benzene rings is 1. The Labute approximate surface area is 175 Å². The second kappa shape index (κ2) is 7.99. The number of hydrogen-bond donors (Lipinski definition) is 1. The van der Waals surface area contributed by atoms with Gasteiger partial charge in [0.1, 0.15) is 5.82 Å². The Bertz CT molecular complexity index is 1020. The van der Waals surface area contributed by atoms with Gasteiger partial charge in [-0.25, -0.2) is 9.97 Å². The van der Waals surface area contributed by atoms with Gasteiger partial charge in [-0.2, -0.15) is 9.78 Å². The topological polar surface area (TPSA) is 72.7 Å². The summed E-state index contributed by atoms with van der Waals surface area (Å²) in [6, 6.07) is 10.2. The second-order valence-corrected chi connectivity index (χ2v) is 9.30. The van der Waals surface area contributed by atoms with Crippen molar-refractivity contribution in [3.8, 4) is 5.95 Å². The number of nitrogens with zero attached hydrogens (tertiary/aromatic N) is 4. The summed E-state index contributed by atoms with van der Waals surface area (Å²) < 4.78 is 1.60. The highest BCUT2D eigenvalue weighted by Gasteiger charge is 2.22. The third-order valence-electron chi connectivity index (χ3n) is 4.93. The summed E-state index contributed by atoms with van der Waals surface area (Å²) in [5, 5.41) is 7.62. The minimum absolute atomic E-state index is 0.0759. The number of amides is 1. The normalized spacial score (nSPS) is 13.3. The highest BCUT2D eigenvalue weighted by atomic mass is 32.2. The predicted octanol–water partition coefficient (Wildman–Crippen LogP) is 4.18. The van der Waals surface area contributed by atoms with Crippen LogP contribution in [0.1, 0.15) is 44.0 Å². The van der Waals surface area contributed by atoms with E-state index in [2.05, 4.69) is 59.4 Å². The molecule has 1 amide bonds. The van der Waals surface area contributed by atoms with E-state index >= 15 is 0 Å². The van der Waals surface area contributed by atoms with Gasteiger partial charge < -0.3 is 5.32 Å². The van der Waals surface area contributed by atoms with Crippen molar-refractivity contribution in [1.82, 2.24) is 19.7 Å². The maximum Gasteiger partial charge on any atom is 0.252 e. The lowest BCUT2D eigenvalue weighted by Crippen LogP contribution is -2.17. The molecular formula is C22H25N5OS. The van der Waals surface area contributed by atoms with Gasteiger partial charge in [0.25, 0.3) is 5.95 Å². The molecule has 0 saturated carbocycles.